The molecule has 2 aromatic rings. The Morgan fingerprint density at radius 3 is 2.74 bits per heavy atom. The van der Waals surface area contributed by atoms with Gasteiger partial charge in [-0.1, -0.05) is 18.2 Å². The third-order valence-electron chi connectivity index (χ3n) is 3.48. The first kappa shape index (κ1) is 12.0. The second-order valence-electron chi connectivity index (χ2n) is 4.77. The van der Waals surface area contributed by atoms with Crippen molar-refractivity contribution in [3.05, 3.63) is 59.2 Å². The Hall–Kier alpha value is -2.10. The molecule has 0 saturated heterocycles. The Morgan fingerprint density at radius 1 is 1.11 bits per heavy atom. The Bertz CT molecular complexity index is 626. The lowest BCUT2D eigenvalue weighted by atomic mass is 10.1. The van der Waals surface area contributed by atoms with Crippen molar-refractivity contribution in [1.82, 2.24) is 0 Å². The molecule has 1 aliphatic rings. The minimum Gasteiger partial charge on any atom is -0.397 e. The molecule has 0 aromatic heterocycles. The van der Waals surface area contributed by atoms with E-state index in [4.69, 9.17) is 5.73 Å². The second-order valence-corrected chi connectivity index (χ2v) is 4.77. The number of rotatable bonds is 2. The molecule has 2 aromatic carbocycles. The third-order valence-corrected chi connectivity index (χ3v) is 3.48. The highest BCUT2D eigenvalue weighted by Crippen LogP contribution is 2.34. The normalized spacial score (nSPS) is 13.7. The summed E-state index contributed by atoms with van der Waals surface area (Å²) in [5.41, 5.74) is 9.70. The van der Waals surface area contributed by atoms with E-state index in [-0.39, 0.29) is 0 Å². The van der Waals surface area contributed by atoms with Gasteiger partial charge in [-0.2, -0.15) is 0 Å². The Labute approximate surface area is 110 Å². The van der Waals surface area contributed by atoms with Crippen LogP contribution in [0.15, 0.2) is 36.4 Å². The monoisotopic (exact) mass is 260 g/mol. The highest BCUT2D eigenvalue weighted by atomic mass is 19.2. The average molecular weight is 260 g/mol. The zero-order chi connectivity index (χ0) is 13.4. The Balaban J connectivity index is 1.88. The van der Waals surface area contributed by atoms with Gasteiger partial charge in [-0.25, -0.2) is 8.78 Å². The van der Waals surface area contributed by atoms with E-state index in [0.29, 0.717) is 6.54 Å². The molecule has 1 aliphatic heterocycles. The number of halogens is 2. The van der Waals surface area contributed by atoms with Crippen molar-refractivity contribution in [1.29, 1.82) is 0 Å². The van der Waals surface area contributed by atoms with Crippen LogP contribution in [0.3, 0.4) is 0 Å². The van der Waals surface area contributed by atoms with Crippen molar-refractivity contribution in [3.63, 3.8) is 0 Å². The van der Waals surface area contributed by atoms with E-state index < -0.39 is 11.6 Å². The van der Waals surface area contributed by atoms with Gasteiger partial charge in [0.2, 0.25) is 0 Å². The van der Waals surface area contributed by atoms with E-state index in [1.54, 1.807) is 6.07 Å². The number of hydrogen-bond acceptors (Lipinski definition) is 2. The van der Waals surface area contributed by atoms with Crippen molar-refractivity contribution in [2.45, 2.75) is 13.0 Å². The smallest absolute Gasteiger partial charge is 0.159 e. The summed E-state index contributed by atoms with van der Waals surface area (Å²) in [6, 6.07) is 9.87. The Morgan fingerprint density at radius 2 is 1.95 bits per heavy atom. The van der Waals surface area contributed by atoms with E-state index in [1.165, 1.54) is 11.6 Å². The molecule has 0 amide bonds. The summed E-state index contributed by atoms with van der Waals surface area (Å²) in [5.74, 6) is -1.62. The number of fused-ring (bicyclic) bond motifs is 1. The van der Waals surface area contributed by atoms with Gasteiger partial charge in [-0.05, 0) is 35.7 Å². The molecule has 0 bridgehead atoms. The molecule has 0 spiro atoms. The number of benzene rings is 2. The molecular weight excluding hydrogens is 246 g/mol. The standard InChI is InChI=1S/C15H14F2N2/c16-12-5-4-10(8-13(12)17)9-19-7-6-11-2-1-3-14(18)15(11)19/h1-5,8H,6-7,9,18H2. The van der Waals surface area contributed by atoms with Gasteiger partial charge < -0.3 is 10.6 Å². The molecule has 3 rings (SSSR count). The lowest BCUT2D eigenvalue weighted by molar-refractivity contribution is 0.507. The molecule has 4 heteroatoms. The van der Waals surface area contributed by atoms with Crippen molar-refractivity contribution < 1.29 is 8.78 Å². The summed E-state index contributed by atoms with van der Waals surface area (Å²) < 4.78 is 26.1. The number of anilines is 2. The van der Waals surface area contributed by atoms with E-state index in [0.717, 1.165) is 36.0 Å². The first-order chi connectivity index (χ1) is 9.15. The van der Waals surface area contributed by atoms with Crippen LogP contribution in [0.5, 0.6) is 0 Å². The van der Waals surface area contributed by atoms with Crippen LogP contribution in [0.2, 0.25) is 0 Å². The van der Waals surface area contributed by atoms with Gasteiger partial charge >= 0.3 is 0 Å². The van der Waals surface area contributed by atoms with Crippen LogP contribution < -0.4 is 10.6 Å². The molecule has 0 atom stereocenters. The summed E-state index contributed by atoms with van der Waals surface area (Å²) in [5, 5.41) is 0. The highest BCUT2D eigenvalue weighted by Gasteiger charge is 2.21. The van der Waals surface area contributed by atoms with E-state index in [9.17, 15) is 8.78 Å². The van der Waals surface area contributed by atoms with Crippen molar-refractivity contribution in [2.24, 2.45) is 0 Å². The first-order valence-corrected chi connectivity index (χ1v) is 6.21. The maximum absolute atomic E-state index is 13.2. The van der Waals surface area contributed by atoms with E-state index in [1.807, 2.05) is 12.1 Å². The SMILES string of the molecule is Nc1cccc2c1N(Cc1ccc(F)c(F)c1)CC2. The molecule has 0 fully saturated rings. The fourth-order valence-corrected chi connectivity index (χ4v) is 2.58. The number of para-hydroxylation sites is 1. The zero-order valence-corrected chi connectivity index (χ0v) is 10.4. The summed E-state index contributed by atoms with van der Waals surface area (Å²) in [4.78, 5) is 2.11. The Kier molecular flexibility index (Phi) is 2.85. The van der Waals surface area contributed by atoms with Crippen molar-refractivity contribution >= 4 is 11.4 Å². The van der Waals surface area contributed by atoms with Crippen LogP contribution in [0.1, 0.15) is 11.1 Å². The quantitative estimate of drug-likeness (QED) is 0.841. The number of nitrogen functional groups attached to an aromatic ring is 1. The number of nitrogens with two attached hydrogens (primary N) is 1. The fraction of sp³-hybridized carbons (Fsp3) is 0.200. The predicted octanol–water partition coefficient (Wildman–Crippen LogP) is 3.11. The second kappa shape index (κ2) is 4.53. The number of hydrogen-bond donors (Lipinski definition) is 1. The van der Waals surface area contributed by atoms with Crippen LogP contribution in [0.4, 0.5) is 20.2 Å². The van der Waals surface area contributed by atoms with Crippen LogP contribution >= 0.6 is 0 Å². The molecule has 0 aliphatic carbocycles. The molecule has 98 valence electrons. The van der Waals surface area contributed by atoms with Gasteiger partial charge in [0.15, 0.2) is 11.6 Å². The summed E-state index contributed by atoms with van der Waals surface area (Å²) in [7, 11) is 0. The van der Waals surface area contributed by atoms with Crippen LogP contribution in [0.25, 0.3) is 0 Å². The van der Waals surface area contributed by atoms with Gasteiger partial charge in [0, 0.05) is 13.1 Å². The number of nitrogens with zero attached hydrogens (tertiary/aromatic N) is 1. The van der Waals surface area contributed by atoms with E-state index in [2.05, 4.69) is 11.0 Å². The van der Waals surface area contributed by atoms with Crippen LogP contribution in [-0.2, 0) is 13.0 Å². The van der Waals surface area contributed by atoms with Crippen LogP contribution in [-0.4, -0.2) is 6.54 Å². The molecule has 0 saturated carbocycles. The predicted molar refractivity (Wildman–Crippen MR) is 72.0 cm³/mol. The molecule has 0 unspecified atom stereocenters. The molecule has 2 nitrogen and oxygen atoms in total. The van der Waals surface area contributed by atoms with Gasteiger partial charge in [0.25, 0.3) is 0 Å². The van der Waals surface area contributed by atoms with Crippen LogP contribution in [0, 0.1) is 11.6 Å². The third kappa shape index (κ3) is 2.14. The minimum atomic E-state index is -0.815. The molecule has 0 radical (unpaired) electrons. The van der Waals surface area contributed by atoms with E-state index >= 15 is 0 Å². The molecule has 19 heavy (non-hydrogen) atoms. The lowest BCUT2D eigenvalue weighted by Crippen LogP contribution is -2.20. The maximum Gasteiger partial charge on any atom is 0.159 e. The van der Waals surface area contributed by atoms with Gasteiger partial charge in [-0.15, -0.1) is 0 Å². The first-order valence-electron chi connectivity index (χ1n) is 6.21. The molecule has 2 N–H and O–H groups in total. The van der Waals surface area contributed by atoms with Crippen molar-refractivity contribution in [3.8, 4) is 0 Å². The maximum atomic E-state index is 13.2. The zero-order valence-electron chi connectivity index (χ0n) is 10.4. The summed E-state index contributed by atoms with van der Waals surface area (Å²) >= 11 is 0. The van der Waals surface area contributed by atoms with Gasteiger partial charge in [0.05, 0.1) is 11.4 Å². The fourth-order valence-electron chi connectivity index (χ4n) is 2.58. The molecule has 1 heterocycles. The highest BCUT2D eigenvalue weighted by molar-refractivity contribution is 5.74. The lowest BCUT2D eigenvalue weighted by Gasteiger charge is -2.21. The average Bonchev–Trinajstić information content (AvgIpc) is 2.79. The van der Waals surface area contributed by atoms with Gasteiger partial charge in [-0.3, -0.25) is 0 Å². The summed E-state index contributed by atoms with van der Waals surface area (Å²) in [6.07, 6.45) is 0.935. The topological polar surface area (TPSA) is 29.3 Å². The summed E-state index contributed by atoms with van der Waals surface area (Å²) in [6.45, 7) is 1.39. The van der Waals surface area contributed by atoms with Gasteiger partial charge in [0.1, 0.15) is 0 Å². The van der Waals surface area contributed by atoms with Crippen molar-refractivity contribution in [2.75, 3.05) is 17.2 Å². The minimum absolute atomic E-state index is 0.540. The largest absolute Gasteiger partial charge is 0.397 e. The molecular formula is C15H14F2N2.